The summed E-state index contributed by atoms with van der Waals surface area (Å²) in [7, 11) is 0. The van der Waals surface area contributed by atoms with Crippen LogP contribution in [0.2, 0.25) is 0 Å². The Hall–Kier alpha value is -1.62. The lowest BCUT2D eigenvalue weighted by Crippen LogP contribution is -2.48. The van der Waals surface area contributed by atoms with Crippen molar-refractivity contribution in [3.05, 3.63) is 60.2 Å². The molecule has 1 aliphatic heterocycles. The summed E-state index contributed by atoms with van der Waals surface area (Å²) in [6.45, 7) is 0. The smallest absolute Gasteiger partial charge is 0.362 e. The van der Waals surface area contributed by atoms with Crippen LogP contribution in [0, 0.1) is 0 Å². The first-order chi connectivity index (χ1) is 9.50. The van der Waals surface area contributed by atoms with Crippen molar-refractivity contribution >= 4 is 17.4 Å². The Morgan fingerprint density at radius 2 is 1.60 bits per heavy atom. The summed E-state index contributed by atoms with van der Waals surface area (Å²) < 4.78 is 40.7. The Bertz CT molecular complexity index is 585. The van der Waals surface area contributed by atoms with Gasteiger partial charge in [-0.2, -0.15) is 13.2 Å². The number of hydrogen-bond acceptors (Lipinski definition) is 2. The number of rotatable bonds is 2. The van der Waals surface area contributed by atoms with Gasteiger partial charge < -0.3 is 5.32 Å². The van der Waals surface area contributed by atoms with Gasteiger partial charge in [-0.25, -0.2) is 0 Å². The normalized spacial score (nSPS) is 21.4. The fourth-order valence-corrected chi connectivity index (χ4v) is 3.55. The summed E-state index contributed by atoms with van der Waals surface area (Å²) in [4.78, 5) is -1.35. The highest BCUT2D eigenvalue weighted by molar-refractivity contribution is 8.01. The van der Waals surface area contributed by atoms with Crippen molar-refractivity contribution in [1.29, 1.82) is 0 Å². The zero-order valence-corrected chi connectivity index (χ0v) is 11.3. The number of alkyl halides is 3. The van der Waals surface area contributed by atoms with Gasteiger partial charge in [0.2, 0.25) is 0 Å². The molecule has 1 nitrogen and oxygen atoms in total. The molecule has 0 spiro atoms. The van der Waals surface area contributed by atoms with Crippen LogP contribution in [-0.2, 0) is 6.42 Å². The zero-order chi connectivity index (χ0) is 14.2. The molecule has 1 N–H and O–H groups in total. The molecule has 0 saturated carbocycles. The van der Waals surface area contributed by atoms with E-state index >= 15 is 0 Å². The summed E-state index contributed by atoms with van der Waals surface area (Å²) >= 11 is 0.849. The number of hydrogen-bond donors (Lipinski definition) is 1. The minimum absolute atomic E-state index is 0.101. The van der Waals surface area contributed by atoms with E-state index in [4.69, 9.17) is 0 Å². The molecule has 0 saturated heterocycles. The Kier molecular flexibility index (Phi) is 3.17. The Balaban J connectivity index is 1.97. The molecule has 0 amide bonds. The quantitative estimate of drug-likeness (QED) is 0.861. The van der Waals surface area contributed by atoms with Crippen LogP contribution in [0.5, 0.6) is 0 Å². The number of para-hydroxylation sites is 1. The molecule has 3 rings (SSSR count). The number of thioether (sulfide) groups is 1. The van der Waals surface area contributed by atoms with Crippen LogP contribution in [-0.4, -0.2) is 11.0 Å². The van der Waals surface area contributed by atoms with Crippen LogP contribution in [0.1, 0.15) is 5.56 Å². The molecule has 0 unspecified atom stereocenters. The van der Waals surface area contributed by atoms with Crippen molar-refractivity contribution in [2.45, 2.75) is 22.4 Å². The van der Waals surface area contributed by atoms with Crippen molar-refractivity contribution in [3.63, 3.8) is 0 Å². The van der Waals surface area contributed by atoms with Crippen molar-refractivity contribution in [2.75, 3.05) is 5.32 Å². The Morgan fingerprint density at radius 1 is 0.950 bits per heavy atom. The standard InChI is InChI=1S/C15H12F3NS/c16-15(17,18)14(10-11-6-2-1-3-7-11)19-12-8-4-5-9-13(12)20-14/h1-9,19H,10H2/t14-/m0/s1. The monoisotopic (exact) mass is 295 g/mol. The van der Waals surface area contributed by atoms with Gasteiger partial charge in [0.1, 0.15) is 0 Å². The second kappa shape index (κ2) is 4.74. The van der Waals surface area contributed by atoms with E-state index in [1.807, 2.05) is 0 Å². The molecule has 104 valence electrons. The van der Waals surface area contributed by atoms with E-state index in [1.54, 1.807) is 54.6 Å². The maximum absolute atomic E-state index is 13.6. The van der Waals surface area contributed by atoms with Gasteiger partial charge in [0.25, 0.3) is 0 Å². The maximum Gasteiger partial charge on any atom is 0.421 e. The van der Waals surface area contributed by atoms with Gasteiger partial charge in [0, 0.05) is 17.0 Å². The molecule has 0 aliphatic carbocycles. The van der Waals surface area contributed by atoms with Crippen LogP contribution in [0.4, 0.5) is 18.9 Å². The maximum atomic E-state index is 13.6. The lowest BCUT2D eigenvalue weighted by Gasteiger charge is -2.31. The fraction of sp³-hybridized carbons (Fsp3) is 0.200. The van der Waals surface area contributed by atoms with Gasteiger partial charge >= 0.3 is 6.18 Å². The van der Waals surface area contributed by atoms with E-state index in [2.05, 4.69) is 5.32 Å². The molecule has 20 heavy (non-hydrogen) atoms. The number of anilines is 1. The average molecular weight is 295 g/mol. The molecule has 0 radical (unpaired) electrons. The molecule has 0 bridgehead atoms. The molecule has 0 fully saturated rings. The molecule has 5 heteroatoms. The zero-order valence-electron chi connectivity index (χ0n) is 10.4. The Labute approximate surface area is 119 Å². The largest absolute Gasteiger partial charge is 0.421 e. The highest BCUT2D eigenvalue weighted by Gasteiger charge is 2.58. The van der Waals surface area contributed by atoms with Crippen molar-refractivity contribution < 1.29 is 13.2 Å². The van der Waals surface area contributed by atoms with Gasteiger partial charge in [-0.05, 0) is 17.7 Å². The number of nitrogens with one attached hydrogen (secondary N) is 1. The van der Waals surface area contributed by atoms with Gasteiger partial charge in [0.15, 0.2) is 4.87 Å². The second-order valence-electron chi connectivity index (χ2n) is 4.71. The third-order valence-corrected chi connectivity index (χ3v) is 4.66. The molecule has 1 atom stereocenters. The van der Waals surface area contributed by atoms with Crippen LogP contribution in [0.3, 0.4) is 0 Å². The number of fused-ring (bicyclic) bond motifs is 1. The van der Waals surface area contributed by atoms with Crippen molar-refractivity contribution in [3.8, 4) is 0 Å². The van der Waals surface area contributed by atoms with Crippen molar-refractivity contribution in [2.24, 2.45) is 0 Å². The van der Waals surface area contributed by atoms with E-state index < -0.39 is 11.0 Å². The minimum Gasteiger partial charge on any atom is -0.362 e. The fourth-order valence-electron chi connectivity index (χ4n) is 2.28. The summed E-state index contributed by atoms with van der Waals surface area (Å²) in [5, 5.41) is 2.67. The topological polar surface area (TPSA) is 12.0 Å². The molecule has 0 aromatic heterocycles. The highest BCUT2D eigenvalue weighted by Crippen LogP contribution is 2.54. The predicted molar refractivity (Wildman–Crippen MR) is 74.9 cm³/mol. The first-order valence-electron chi connectivity index (χ1n) is 6.17. The average Bonchev–Trinajstić information content (AvgIpc) is 2.78. The minimum atomic E-state index is -4.34. The number of halogens is 3. The molecular formula is C15H12F3NS. The molecule has 1 aliphatic rings. The Morgan fingerprint density at radius 3 is 2.25 bits per heavy atom. The number of benzene rings is 2. The van der Waals surface area contributed by atoms with Crippen LogP contribution in [0.15, 0.2) is 59.5 Å². The summed E-state index contributed by atoms with van der Waals surface area (Å²) in [6.07, 6.45) is -4.44. The third kappa shape index (κ3) is 2.26. The van der Waals surface area contributed by atoms with E-state index in [1.165, 1.54) is 0 Å². The molecule has 2 aromatic rings. The summed E-state index contributed by atoms with van der Waals surface area (Å²) in [6, 6.07) is 15.6. The van der Waals surface area contributed by atoms with Gasteiger partial charge in [-0.1, -0.05) is 54.2 Å². The molecular weight excluding hydrogens is 283 g/mol. The lowest BCUT2D eigenvalue weighted by molar-refractivity contribution is -0.151. The predicted octanol–water partition coefficient (Wildman–Crippen LogP) is 4.71. The molecule has 1 heterocycles. The van der Waals surface area contributed by atoms with Crippen LogP contribution < -0.4 is 5.32 Å². The van der Waals surface area contributed by atoms with Crippen LogP contribution >= 0.6 is 11.8 Å². The first kappa shape index (κ1) is 13.4. The van der Waals surface area contributed by atoms with E-state index in [0.29, 0.717) is 16.1 Å². The highest BCUT2D eigenvalue weighted by atomic mass is 32.2. The van der Waals surface area contributed by atoms with Gasteiger partial charge in [0.05, 0.1) is 0 Å². The van der Waals surface area contributed by atoms with E-state index in [-0.39, 0.29) is 6.42 Å². The summed E-state index contributed by atoms with van der Waals surface area (Å²) in [5.41, 5.74) is 1.21. The van der Waals surface area contributed by atoms with E-state index in [0.717, 1.165) is 11.8 Å². The van der Waals surface area contributed by atoms with Crippen LogP contribution in [0.25, 0.3) is 0 Å². The lowest BCUT2D eigenvalue weighted by atomic mass is 10.0. The summed E-state index contributed by atoms with van der Waals surface area (Å²) in [5.74, 6) is 0. The van der Waals surface area contributed by atoms with Gasteiger partial charge in [-0.3, -0.25) is 0 Å². The van der Waals surface area contributed by atoms with Crippen molar-refractivity contribution in [1.82, 2.24) is 0 Å². The molecule has 2 aromatic carbocycles. The van der Waals surface area contributed by atoms with E-state index in [9.17, 15) is 13.2 Å². The third-order valence-electron chi connectivity index (χ3n) is 3.26. The van der Waals surface area contributed by atoms with Gasteiger partial charge in [-0.15, -0.1) is 0 Å². The first-order valence-corrected chi connectivity index (χ1v) is 6.99. The second-order valence-corrected chi connectivity index (χ2v) is 6.05. The SMILES string of the molecule is FC(F)(F)[C@@]1(Cc2ccccc2)Nc2ccccc2S1.